The summed E-state index contributed by atoms with van der Waals surface area (Å²) in [5.74, 6) is -0.368. The van der Waals surface area contributed by atoms with Crippen LogP contribution in [-0.2, 0) is 18.1 Å². The van der Waals surface area contributed by atoms with Crippen LogP contribution < -0.4 is 15.1 Å². The molecule has 1 spiro atoms. The van der Waals surface area contributed by atoms with E-state index in [0.29, 0.717) is 31.6 Å². The molecular formula is C29H28ClF4N4O+. The lowest BCUT2D eigenvalue weighted by atomic mass is 9.73. The summed E-state index contributed by atoms with van der Waals surface area (Å²) in [4.78, 5) is 18.1. The molecule has 0 radical (unpaired) electrons. The molecule has 1 saturated heterocycles. The van der Waals surface area contributed by atoms with Crippen LogP contribution in [0.15, 0.2) is 66.9 Å². The predicted octanol–water partition coefficient (Wildman–Crippen LogP) is 6.46. The molecule has 1 fully saturated rings. The van der Waals surface area contributed by atoms with E-state index in [-0.39, 0.29) is 40.7 Å². The number of hydrogen-bond acceptors (Lipinski definition) is 3. The van der Waals surface area contributed by atoms with E-state index in [0.717, 1.165) is 17.2 Å². The second-order valence-electron chi connectivity index (χ2n) is 10.1. The summed E-state index contributed by atoms with van der Waals surface area (Å²) in [6, 6.07) is 13.0. The normalized spacial score (nSPS) is 20.3. The monoisotopic (exact) mass is 559 g/mol. The highest BCUT2D eigenvalue weighted by atomic mass is 35.5. The van der Waals surface area contributed by atoms with Gasteiger partial charge in [-0.15, -0.1) is 0 Å². The number of hydrogen-bond donors (Lipinski definition) is 2. The Morgan fingerprint density at radius 1 is 1.13 bits per heavy atom. The third kappa shape index (κ3) is 5.44. The number of carbonyl (C=O) groups is 1. The first-order valence-electron chi connectivity index (χ1n) is 12.7. The van der Waals surface area contributed by atoms with Crippen LogP contribution in [0.4, 0.5) is 28.0 Å². The van der Waals surface area contributed by atoms with Gasteiger partial charge in [0.1, 0.15) is 29.7 Å². The van der Waals surface area contributed by atoms with Gasteiger partial charge in [-0.05, 0) is 73.5 Å². The third-order valence-corrected chi connectivity index (χ3v) is 7.90. The van der Waals surface area contributed by atoms with Crippen molar-refractivity contribution >= 4 is 29.4 Å². The number of nitrogens with one attached hydrogen (secondary N) is 2. The molecule has 3 heterocycles. The molecule has 0 saturated carbocycles. The van der Waals surface area contributed by atoms with Gasteiger partial charge in [-0.2, -0.15) is 13.2 Å². The molecule has 2 aromatic carbocycles. The number of quaternary nitrogens is 1. The molecule has 3 aromatic rings. The Hall–Kier alpha value is -3.27. The van der Waals surface area contributed by atoms with Crippen molar-refractivity contribution in [3.63, 3.8) is 0 Å². The van der Waals surface area contributed by atoms with Crippen LogP contribution >= 0.6 is 11.6 Å². The number of fused-ring (bicyclic) bond motifs is 2. The SMILES string of the molecule is O=C(NCc1ccnc(Cl)c1)[N+]1(C/C=C/c2ccc(F)cc2)CC2(CCNCC2)c2c(C(F)(F)F)cccc21. The lowest BCUT2D eigenvalue weighted by molar-refractivity contribution is -0.138. The molecule has 1 atom stereocenters. The van der Waals surface area contributed by atoms with Crippen molar-refractivity contribution in [2.24, 2.45) is 0 Å². The van der Waals surface area contributed by atoms with Crippen LogP contribution in [0, 0.1) is 5.82 Å². The number of alkyl halides is 3. The maximum Gasteiger partial charge on any atom is 0.422 e. The van der Waals surface area contributed by atoms with Gasteiger partial charge in [0.2, 0.25) is 0 Å². The van der Waals surface area contributed by atoms with Crippen LogP contribution in [0.3, 0.4) is 0 Å². The minimum Gasteiger partial charge on any atom is -0.317 e. The zero-order chi connectivity index (χ0) is 27.7. The van der Waals surface area contributed by atoms with E-state index in [1.54, 1.807) is 42.5 Å². The molecule has 2 amide bonds. The number of halogens is 5. The number of rotatable bonds is 5. The number of nitrogens with zero attached hydrogens (tertiary/aromatic N) is 2. The topological polar surface area (TPSA) is 54.0 Å². The lowest BCUT2D eigenvalue weighted by Crippen LogP contribution is -2.60. The largest absolute Gasteiger partial charge is 0.422 e. The molecule has 39 heavy (non-hydrogen) atoms. The fourth-order valence-electron chi connectivity index (χ4n) is 5.94. The maximum absolute atomic E-state index is 14.4. The number of urea groups is 1. The molecule has 204 valence electrons. The van der Waals surface area contributed by atoms with Gasteiger partial charge in [-0.25, -0.2) is 18.7 Å². The van der Waals surface area contributed by atoms with Gasteiger partial charge in [0, 0.05) is 24.4 Å². The molecule has 0 aliphatic carbocycles. The molecular weight excluding hydrogens is 532 g/mol. The third-order valence-electron chi connectivity index (χ3n) is 7.69. The van der Waals surface area contributed by atoms with Crippen LogP contribution in [0.2, 0.25) is 5.15 Å². The number of aromatic nitrogens is 1. The van der Waals surface area contributed by atoms with Gasteiger partial charge in [-0.1, -0.05) is 35.9 Å². The van der Waals surface area contributed by atoms with Crippen molar-refractivity contribution in [3.8, 4) is 0 Å². The summed E-state index contributed by atoms with van der Waals surface area (Å²) < 4.78 is 56.2. The Balaban J connectivity index is 1.58. The minimum atomic E-state index is -4.56. The summed E-state index contributed by atoms with van der Waals surface area (Å²) in [6.07, 6.45) is 1.49. The van der Waals surface area contributed by atoms with Crippen molar-refractivity contribution < 1.29 is 22.4 Å². The predicted molar refractivity (Wildman–Crippen MR) is 144 cm³/mol. The molecule has 0 bridgehead atoms. The summed E-state index contributed by atoms with van der Waals surface area (Å²) in [6.45, 7) is 1.60. The Labute approximate surface area is 229 Å². The van der Waals surface area contributed by atoms with E-state index in [2.05, 4.69) is 15.6 Å². The summed E-state index contributed by atoms with van der Waals surface area (Å²) in [7, 11) is 0. The van der Waals surface area contributed by atoms with Crippen molar-refractivity contribution in [1.29, 1.82) is 0 Å². The fraction of sp³-hybridized carbons (Fsp3) is 0.310. The van der Waals surface area contributed by atoms with Crippen molar-refractivity contribution in [2.75, 3.05) is 26.2 Å². The zero-order valence-electron chi connectivity index (χ0n) is 21.1. The highest BCUT2D eigenvalue weighted by Gasteiger charge is 2.60. The van der Waals surface area contributed by atoms with Crippen LogP contribution in [-0.4, -0.2) is 37.2 Å². The number of carbonyl (C=O) groups excluding carboxylic acids is 1. The lowest BCUT2D eigenvalue weighted by Gasteiger charge is -2.36. The number of amides is 2. The standard InChI is InChI=1S/C29H27ClF4N4O/c30-25-17-21(10-13-36-25)18-37-27(39)38(16-2-3-20-6-8-22(31)9-7-20)19-28(11-14-35-15-12-28)26-23(29(32,33)34)4-1-5-24(26)38/h1-10,13,17,35H,11-12,14-16,18-19H2/p+1/b3-2+. The molecule has 5 nitrogen and oxygen atoms in total. The first-order chi connectivity index (χ1) is 18.6. The van der Waals surface area contributed by atoms with Gasteiger partial charge in [0.15, 0.2) is 0 Å². The molecule has 1 unspecified atom stereocenters. The molecule has 2 N–H and O–H groups in total. The van der Waals surface area contributed by atoms with Gasteiger partial charge in [0.25, 0.3) is 0 Å². The molecule has 10 heteroatoms. The highest BCUT2D eigenvalue weighted by Crippen LogP contribution is 2.54. The summed E-state index contributed by atoms with van der Waals surface area (Å²) in [5.41, 5.74) is 0.535. The van der Waals surface area contributed by atoms with Crippen LogP contribution in [0.25, 0.3) is 6.08 Å². The van der Waals surface area contributed by atoms with E-state index in [4.69, 9.17) is 11.6 Å². The quantitative estimate of drug-likeness (QED) is 0.214. The average Bonchev–Trinajstić information content (AvgIpc) is 3.18. The number of piperidine rings is 1. The average molecular weight is 560 g/mol. The van der Waals surface area contributed by atoms with Crippen molar-refractivity contribution in [1.82, 2.24) is 20.1 Å². The van der Waals surface area contributed by atoms with E-state index in [9.17, 15) is 22.4 Å². The van der Waals surface area contributed by atoms with Gasteiger partial charge in [0.05, 0.1) is 11.0 Å². The zero-order valence-corrected chi connectivity index (χ0v) is 21.8. The second kappa shape index (κ2) is 10.7. The van der Waals surface area contributed by atoms with Crippen molar-refractivity contribution in [3.05, 3.63) is 100 Å². The van der Waals surface area contributed by atoms with Crippen LogP contribution in [0.5, 0.6) is 0 Å². The molecule has 5 rings (SSSR count). The van der Waals surface area contributed by atoms with E-state index in [1.165, 1.54) is 24.4 Å². The van der Waals surface area contributed by atoms with Gasteiger partial charge < -0.3 is 10.6 Å². The number of pyridine rings is 1. The van der Waals surface area contributed by atoms with E-state index >= 15 is 0 Å². The van der Waals surface area contributed by atoms with Gasteiger partial charge >= 0.3 is 12.2 Å². The van der Waals surface area contributed by atoms with E-state index < -0.39 is 23.2 Å². The highest BCUT2D eigenvalue weighted by molar-refractivity contribution is 6.29. The number of benzene rings is 2. The Morgan fingerprint density at radius 3 is 2.56 bits per heavy atom. The molecule has 2 aliphatic rings. The first-order valence-corrected chi connectivity index (χ1v) is 13.1. The first kappa shape index (κ1) is 27.3. The minimum absolute atomic E-state index is 0.129. The summed E-state index contributed by atoms with van der Waals surface area (Å²) >= 11 is 6.00. The van der Waals surface area contributed by atoms with Crippen molar-refractivity contribution in [2.45, 2.75) is 31.0 Å². The van der Waals surface area contributed by atoms with Gasteiger partial charge in [-0.3, -0.25) is 0 Å². The fourth-order valence-corrected chi connectivity index (χ4v) is 6.13. The Bertz CT molecular complexity index is 1390. The smallest absolute Gasteiger partial charge is 0.317 e. The molecule has 2 aliphatic heterocycles. The maximum atomic E-state index is 14.4. The second-order valence-corrected chi connectivity index (χ2v) is 10.5. The Kier molecular flexibility index (Phi) is 7.50. The summed E-state index contributed by atoms with van der Waals surface area (Å²) in [5, 5.41) is 6.48. The van der Waals surface area contributed by atoms with Crippen LogP contribution in [0.1, 0.15) is 35.1 Å². The Morgan fingerprint density at radius 2 is 1.87 bits per heavy atom. The molecule has 1 aromatic heterocycles. The van der Waals surface area contributed by atoms with E-state index in [1.807, 2.05) is 0 Å².